The van der Waals surface area contributed by atoms with E-state index in [-0.39, 0.29) is 12.3 Å². The van der Waals surface area contributed by atoms with Crippen LogP contribution in [0.5, 0.6) is 0 Å². The lowest BCUT2D eigenvalue weighted by molar-refractivity contribution is -0.271. The van der Waals surface area contributed by atoms with Gasteiger partial charge in [-0.3, -0.25) is 0 Å². The molecule has 0 aromatic rings. The van der Waals surface area contributed by atoms with E-state index < -0.39 is 18.4 Å². The molecule has 0 aliphatic carbocycles. The van der Waals surface area contributed by atoms with Crippen molar-refractivity contribution in [1.29, 1.82) is 0 Å². The number of alkyl halides is 3. The Bertz CT molecular complexity index is 287. The van der Waals surface area contributed by atoms with E-state index in [1.165, 1.54) is 19.3 Å². The van der Waals surface area contributed by atoms with E-state index in [4.69, 9.17) is 9.47 Å². The number of hydrogen-bond acceptors (Lipinski definition) is 2. The van der Waals surface area contributed by atoms with E-state index in [0.717, 1.165) is 25.7 Å². The zero-order chi connectivity index (χ0) is 18.5. The topological polar surface area (TPSA) is 18.5 Å². The number of rotatable bonds is 15. The molecule has 0 rings (SSSR count). The largest absolute Gasteiger partial charge is 0.389 e. The SMILES string of the molecule is CCCCCCCCC(CCC(F)(F)F)C(CC)(OCC)OCC. The molecule has 0 fully saturated rings. The second-order valence-electron chi connectivity index (χ2n) is 6.44. The fourth-order valence-electron chi connectivity index (χ4n) is 3.35. The Morgan fingerprint density at radius 3 is 1.75 bits per heavy atom. The highest BCUT2D eigenvalue weighted by molar-refractivity contribution is 4.80. The van der Waals surface area contributed by atoms with Crippen LogP contribution in [0.2, 0.25) is 0 Å². The summed E-state index contributed by atoms with van der Waals surface area (Å²) >= 11 is 0. The van der Waals surface area contributed by atoms with Crippen LogP contribution in [0, 0.1) is 5.92 Å². The maximum Gasteiger partial charge on any atom is 0.389 e. The van der Waals surface area contributed by atoms with Crippen LogP contribution in [0.25, 0.3) is 0 Å². The van der Waals surface area contributed by atoms with Crippen molar-refractivity contribution in [2.24, 2.45) is 5.92 Å². The Labute approximate surface area is 146 Å². The predicted octanol–water partition coefficient (Wildman–Crippen LogP) is 6.88. The van der Waals surface area contributed by atoms with Gasteiger partial charge in [-0.25, -0.2) is 0 Å². The van der Waals surface area contributed by atoms with E-state index in [2.05, 4.69) is 6.92 Å². The summed E-state index contributed by atoms with van der Waals surface area (Å²) in [4.78, 5) is 0. The lowest BCUT2D eigenvalue weighted by atomic mass is 9.86. The lowest BCUT2D eigenvalue weighted by Gasteiger charge is -2.40. The fourth-order valence-corrected chi connectivity index (χ4v) is 3.35. The number of unbranched alkanes of at least 4 members (excludes halogenated alkanes) is 5. The van der Waals surface area contributed by atoms with Gasteiger partial charge in [-0.15, -0.1) is 0 Å². The average Bonchev–Trinajstić information content (AvgIpc) is 2.52. The predicted molar refractivity (Wildman–Crippen MR) is 93.0 cm³/mol. The zero-order valence-corrected chi connectivity index (χ0v) is 16.0. The summed E-state index contributed by atoms with van der Waals surface area (Å²) in [6.07, 6.45) is 3.29. The molecule has 146 valence electrons. The van der Waals surface area contributed by atoms with Crippen molar-refractivity contribution >= 4 is 0 Å². The van der Waals surface area contributed by atoms with Crippen molar-refractivity contribution in [2.75, 3.05) is 13.2 Å². The second kappa shape index (κ2) is 13.0. The molecule has 5 heteroatoms. The van der Waals surface area contributed by atoms with Crippen molar-refractivity contribution < 1.29 is 22.6 Å². The Kier molecular flexibility index (Phi) is 12.8. The van der Waals surface area contributed by atoms with Gasteiger partial charge >= 0.3 is 6.18 Å². The van der Waals surface area contributed by atoms with Gasteiger partial charge < -0.3 is 9.47 Å². The third kappa shape index (κ3) is 9.87. The van der Waals surface area contributed by atoms with Crippen LogP contribution >= 0.6 is 0 Å². The minimum Gasteiger partial charge on any atom is -0.350 e. The molecular formula is C19H37F3O2. The van der Waals surface area contributed by atoms with Gasteiger partial charge in [0.2, 0.25) is 0 Å². The molecule has 0 aromatic heterocycles. The Hall–Kier alpha value is -0.290. The maximum atomic E-state index is 12.7. The van der Waals surface area contributed by atoms with Crippen molar-refractivity contribution in [2.45, 2.75) is 104 Å². The summed E-state index contributed by atoms with van der Waals surface area (Å²) < 4.78 is 49.9. The van der Waals surface area contributed by atoms with Crippen molar-refractivity contribution in [3.8, 4) is 0 Å². The molecule has 0 amide bonds. The van der Waals surface area contributed by atoms with E-state index in [1.54, 1.807) is 0 Å². The third-order valence-electron chi connectivity index (χ3n) is 4.57. The average molecular weight is 354 g/mol. The van der Waals surface area contributed by atoms with Crippen LogP contribution in [0.3, 0.4) is 0 Å². The van der Waals surface area contributed by atoms with Gasteiger partial charge in [0.15, 0.2) is 5.79 Å². The fraction of sp³-hybridized carbons (Fsp3) is 1.00. The first-order chi connectivity index (χ1) is 11.3. The minimum absolute atomic E-state index is 0.0757. The summed E-state index contributed by atoms with van der Waals surface area (Å²) in [6.45, 7) is 8.75. The van der Waals surface area contributed by atoms with Crippen LogP contribution in [0.15, 0.2) is 0 Å². The van der Waals surface area contributed by atoms with Crippen molar-refractivity contribution in [3.63, 3.8) is 0 Å². The maximum absolute atomic E-state index is 12.7. The smallest absolute Gasteiger partial charge is 0.350 e. The molecular weight excluding hydrogens is 317 g/mol. The normalized spacial score (nSPS) is 14.1. The van der Waals surface area contributed by atoms with Gasteiger partial charge in [-0.1, -0.05) is 52.4 Å². The van der Waals surface area contributed by atoms with Crippen LogP contribution in [-0.2, 0) is 9.47 Å². The molecule has 0 aliphatic rings. The van der Waals surface area contributed by atoms with Gasteiger partial charge in [0.1, 0.15) is 0 Å². The highest BCUT2D eigenvalue weighted by atomic mass is 19.4. The van der Waals surface area contributed by atoms with E-state index in [1.807, 2.05) is 20.8 Å². The second-order valence-corrected chi connectivity index (χ2v) is 6.44. The highest BCUT2D eigenvalue weighted by Crippen LogP contribution is 2.37. The molecule has 2 nitrogen and oxygen atoms in total. The standard InChI is InChI=1S/C19H37F3O2/c1-5-9-10-11-12-13-14-17(15-16-19(20,21)22)18(6-2,23-7-3)24-8-4/h17H,5-16H2,1-4H3. The van der Waals surface area contributed by atoms with Gasteiger partial charge in [0, 0.05) is 25.6 Å². The first-order valence-corrected chi connectivity index (χ1v) is 9.69. The number of halogens is 3. The van der Waals surface area contributed by atoms with E-state index >= 15 is 0 Å². The first kappa shape index (κ1) is 23.7. The van der Waals surface area contributed by atoms with Crippen LogP contribution < -0.4 is 0 Å². The van der Waals surface area contributed by atoms with Crippen molar-refractivity contribution in [3.05, 3.63) is 0 Å². The molecule has 24 heavy (non-hydrogen) atoms. The molecule has 0 aliphatic heterocycles. The summed E-state index contributed by atoms with van der Waals surface area (Å²) in [7, 11) is 0. The summed E-state index contributed by atoms with van der Waals surface area (Å²) in [6, 6.07) is 0. The van der Waals surface area contributed by atoms with E-state index in [0.29, 0.717) is 19.6 Å². The Balaban J connectivity index is 4.79. The number of hydrogen-bond donors (Lipinski definition) is 0. The van der Waals surface area contributed by atoms with Crippen LogP contribution in [0.4, 0.5) is 13.2 Å². The molecule has 0 N–H and O–H groups in total. The molecule has 0 heterocycles. The molecule has 0 radical (unpaired) electrons. The molecule has 0 bridgehead atoms. The molecule has 0 saturated carbocycles. The Morgan fingerprint density at radius 1 is 0.750 bits per heavy atom. The summed E-state index contributed by atoms with van der Waals surface area (Å²) in [5, 5.41) is 0. The zero-order valence-electron chi connectivity index (χ0n) is 16.0. The van der Waals surface area contributed by atoms with Crippen LogP contribution in [0.1, 0.15) is 91.9 Å². The molecule has 1 atom stereocenters. The monoisotopic (exact) mass is 354 g/mol. The third-order valence-corrected chi connectivity index (χ3v) is 4.57. The van der Waals surface area contributed by atoms with Crippen molar-refractivity contribution in [1.82, 2.24) is 0 Å². The highest BCUT2D eigenvalue weighted by Gasteiger charge is 2.40. The van der Waals surface area contributed by atoms with Gasteiger partial charge in [-0.2, -0.15) is 13.2 Å². The Morgan fingerprint density at radius 2 is 1.29 bits per heavy atom. The number of ether oxygens (including phenoxy) is 2. The van der Waals surface area contributed by atoms with E-state index in [9.17, 15) is 13.2 Å². The quantitative estimate of drug-likeness (QED) is 0.236. The van der Waals surface area contributed by atoms with Gasteiger partial charge in [0.05, 0.1) is 0 Å². The summed E-state index contributed by atoms with van der Waals surface area (Å²) in [5.41, 5.74) is 0. The molecule has 0 saturated heterocycles. The van der Waals surface area contributed by atoms with Gasteiger partial charge in [-0.05, 0) is 33.1 Å². The minimum atomic E-state index is -4.13. The molecule has 1 unspecified atom stereocenters. The first-order valence-electron chi connectivity index (χ1n) is 9.69. The lowest BCUT2D eigenvalue weighted by Crippen LogP contribution is -2.44. The molecule has 0 aromatic carbocycles. The summed E-state index contributed by atoms with van der Waals surface area (Å²) in [5.74, 6) is -1.09. The van der Waals surface area contributed by atoms with Gasteiger partial charge in [0.25, 0.3) is 0 Å². The van der Waals surface area contributed by atoms with Crippen LogP contribution in [-0.4, -0.2) is 25.2 Å². The molecule has 0 spiro atoms.